The minimum absolute atomic E-state index is 0.161. The van der Waals surface area contributed by atoms with E-state index in [1.54, 1.807) is 6.26 Å². The average Bonchev–Trinajstić information content (AvgIpc) is 2.24. The second kappa shape index (κ2) is 6.89. The molecule has 0 aliphatic carbocycles. The van der Waals surface area contributed by atoms with Crippen LogP contribution in [0.3, 0.4) is 0 Å². The Kier molecular flexibility index (Phi) is 6.61. The summed E-state index contributed by atoms with van der Waals surface area (Å²) in [5, 5.41) is 0. The molecule has 0 aromatic rings. The van der Waals surface area contributed by atoms with Crippen molar-refractivity contribution in [2.75, 3.05) is 0 Å². The second-order valence-corrected chi connectivity index (χ2v) is 10.0. The molecular weight excluding hydrogens is 228 g/mol. The highest BCUT2D eigenvalue weighted by molar-refractivity contribution is 6.73. The first-order valence-corrected chi connectivity index (χ1v) is 9.04. The fourth-order valence-electron chi connectivity index (χ4n) is 1.59. The smallest absolute Gasteiger partial charge is 0.250 e. The van der Waals surface area contributed by atoms with Crippen molar-refractivity contribution in [3.05, 3.63) is 24.7 Å². The molecule has 0 radical (unpaired) electrons. The molecule has 0 saturated carbocycles. The number of ether oxygens (including phenoxy) is 1. The summed E-state index contributed by atoms with van der Waals surface area (Å²) in [7, 11) is -1.58. The van der Waals surface area contributed by atoms with E-state index in [2.05, 4.69) is 27.4 Å². The van der Waals surface area contributed by atoms with Gasteiger partial charge in [-0.15, -0.1) is 0 Å². The van der Waals surface area contributed by atoms with Crippen molar-refractivity contribution in [1.82, 2.24) is 0 Å². The summed E-state index contributed by atoms with van der Waals surface area (Å²) in [4.78, 5) is 0. The summed E-state index contributed by atoms with van der Waals surface area (Å²) in [5.74, 6) is 0.728. The minimum Gasteiger partial charge on any atom is -0.544 e. The van der Waals surface area contributed by atoms with Gasteiger partial charge >= 0.3 is 0 Å². The van der Waals surface area contributed by atoms with Gasteiger partial charge in [-0.2, -0.15) is 0 Å². The lowest BCUT2D eigenvalue weighted by Crippen LogP contribution is -2.34. The average molecular weight is 256 g/mol. The van der Waals surface area contributed by atoms with Crippen LogP contribution >= 0.6 is 0 Å². The van der Waals surface area contributed by atoms with Crippen LogP contribution in [-0.2, 0) is 9.16 Å². The van der Waals surface area contributed by atoms with Gasteiger partial charge in [0.05, 0.1) is 17.6 Å². The third-order valence-electron chi connectivity index (χ3n) is 2.96. The van der Waals surface area contributed by atoms with E-state index in [9.17, 15) is 0 Å². The largest absolute Gasteiger partial charge is 0.544 e. The number of hydrogen-bond acceptors (Lipinski definition) is 2. The predicted octanol–water partition coefficient (Wildman–Crippen LogP) is 4.85. The maximum absolute atomic E-state index is 6.08. The highest BCUT2D eigenvalue weighted by Gasteiger charge is 2.30. The monoisotopic (exact) mass is 256 g/mol. The van der Waals surface area contributed by atoms with Gasteiger partial charge in [-0.3, -0.25) is 0 Å². The van der Waals surface area contributed by atoms with Crippen LogP contribution in [0.25, 0.3) is 0 Å². The van der Waals surface area contributed by atoms with Gasteiger partial charge in [0.15, 0.2) is 0 Å². The summed E-state index contributed by atoms with van der Waals surface area (Å²) < 4.78 is 11.6. The zero-order valence-electron chi connectivity index (χ0n) is 12.3. The molecule has 0 spiro atoms. The SMILES string of the molecule is C=C(C=COC(C)(C)C)O[Si](CC)(CC)CC. The van der Waals surface area contributed by atoms with Crippen molar-refractivity contribution in [3.8, 4) is 0 Å². The minimum atomic E-state index is -1.58. The third kappa shape index (κ3) is 6.57. The Morgan fingerprint density at radius 1 is 1.12 bits per heavy atom. The number of hydrogen-bond donors (Lipinski definition) is 0. The molecule has 3 heteroatoms. The first kappa shape index (κ1) is 16.3. The van der Waals surface area contributed by atoms with Gasteiger partial charge in [0, 0.05) is 6.08 Å². The lowest BCUT2D eigenvalue weighted by atomic mass is 10.2. The van der Waals surface area contributed by atoms with Crippen molar-refractivity contribution in [2.24, 2.45) is 0 Å². The van der Waals surface area contributed by atoms with Gasteiger partial charge in [0.2, 0.25) is 8.32 Å². The van der Waals surface area contributed by atoms with Crippen molar-refractivity contribution in [3.63, 3.8) is 0 Å². The Bertz CT molecular complexity index is 252. The number of allylic oxidation sites excluding steroid dienone is 1. The molecule has 0 saturated heterocycles. The molecular formula is C14H28O2Si. The third-order valence-corrected chi connectivity index (χ3v) is 7.52. The maximum Gasteiger partial charge on any atom is 0.250 e. The molecule has 0 heterocycles. The molecule has 0 atom stereocenters. The molecule has 0 fully saturated rings. The standard InChI is InChI=1S/C14H28O2Si/c1-8-17(9-2,10-3)16-13(4)11-12-15-14(5,6)7/h11-12H,4,8-10H2,1-3,5-7H3. The van der Waals surface area contributed by atoms with E-state index in [4.69, 9.17) is 9.16 Å². The zero-order chi connectivity index (χ0) is 13.5. The topological polar surface area (TPSA) is 18.5 Å². The van der Waals surface area contributed by atoms with E-state index in [0.717, 1.165) is 23.9 Å². The fourth-order valence-corrected chi connectivity index (χ4v) is 4.15. The molecule has 17 heavy (non-hydrogen) atoms. The summed E-state index contributed by atoms with van der Waals surface area (Å²) in [6.07, 6.45) is 3.51. The van der Waals surface area contributed by atoms with E-state index in [0.29, 0.717) is 0 Å². The van der Waals surface area contributed by atoms with Crippen molar-refractivity contribution < 1.29 is 9.16 Å². The number of rotatable bonds is 7. The van der Waals surface area contributed by atoms with Crippen LogP contribution in [0.2, 0.25) is 18.1 Å². The molecule has 2 nitrogen and oxygen atoms in total. The summed E-state index contributed by atoms with van der Waals surface area (Å²) in [5.41, 5.74) is -0.161. The Balaban J connectivity index is 4.34. The van der Waals surface area contributed by atoms with Crippen LogP contribution < -0.4 is 0 Å². The van der Waals surface area contributed by atoms with Gasteiger partial charge in [-0.05, 0) is 38.9 Å². The van der Waals surface area contributed by atoms with Gasteiger partial charge in [0.25, 0.3) is 0 Å². The maximum atomic E-state index is 6.08. The molecule has 0 aliphatic rings. The van der Waals surface area contributed by atoms with Gasteiger partial charge < -0.3 is 9.16 Å². The first-order chi connectivity index (χ1) is 7.78. The molecule has 100 valence electrons. The Morgan fingerprint density at radius 2 is 1.59 bits per heavy atom. The van der Waals surface area contributed by atoms with Crippen molar-refractivity contribution >= 4 is 8.32 Å². The molecule has 0 aromatic heterocycles. The van der Waals surface area contributed by atoms with Gasteiger partial charge in [-0.25, -0.2) is 0 Å². The highest BCUT2D eigenvalue weighted by Crippen LogP contribution is 2.24. The van der Waals surface area contributed by atoms with Crippen LogP contribution in [0.1, 0.15) is 41.5 Å². The Morgan fingerprint density at radius 3 is 1.94 bits per heavy atom. The lowest BCUT2D eigenvalue weighted by molar-refractivity contribution is 0.0763. The van der Waals surface area contributed by atoms with Crippen LogP contribution in [0.4, 0.5) is 0 Å². The van der Waals surface area contributed by atoms with Crippen LogP contribution in [-0.4, -0.2) is 13.9 Å². The molecule has 0 N–H and O–H groups in total. The Labute approximate surface area is 108 Å². The molecule has 0 aliphatic heterocycles. The van der Waals surface area contributed by atoms with E-state index < -0.39 is 8.32 Å². The molecule has 0 rings (SSSR count). The Hall–Kier alpha value is -0.703. The normalized spacial score (nSPS) is 12.8. The van der Waals surface area contributed by atoms with E-state index in [1.807, 2.05) is 26.8 Å². The van der Waals surface area contributed by atoms with Crippen molar-refractivity contribution in [1.29, 1.82) is 0 Å². The second-order valence-electron chi connectivity index (χ2n) is 5.35. The molecule has 0 bridgehead atoms. The summed E-state index contributed by atoms with van der Waals surface area (Å²) in [6, 6.07) is 3.40. The van der Waals surface area contributed by atoms with Crippen LogP contribution in [0.5, 0.6) is 0 Å². The first-order valence-electron chi connectivity index (χ1n) is 6.51. The van der Waals surface area contributed by atoms with Crippen LogP contribution in [0, 0.1) is 0 Å². The van der Waals surface area contributed by atoms with E-state index in [-0.39, 0.29) is 5.60 Å². The molecule has 0 aromatic carbocycles. The highest BCUT2D eigenvalue weighted by atomic mass is 28.4. The van der Waals surface area contributed by atoms with E-state index in [1.165, 1.54) is 0 Å². The molecule has 0 amide bonds. The zero-order valence-corrected chi connectivity index (χ0v) is 13.3. The predicted molar refractivity (Wildman–Crippen MR) is 77.4 cm³/mol. The fraction of sp³-hybridized carbons (Fsp3) is 0.714. The van der Waals surface area contributed by atoms with Crippen LogP contribution in [0.15, 0.2) is 24.7 Å². The summed E-state index contributed by atoms with van der Waals surface area (Å²) in [6.45, 7) is 16.6. The van der Waals surface area contributed by atoms with Gasteiger partial charge in [0.1, 0.15) is 0 Å². The van der Waals surface area contributed by atoms with Crippen molar-refractivity contribution in [2.45, 2.75) is 65.3 Å². The van der Waals surface area contributed by atoms with Gasteiger partial charge in [-0.1, -0.05) is 27.4 Å². The summed E-state index contributed by atoms with van der Waals surface area (Å²) >= 11 is 0. The quantitative estimate of drug-likeness (QED) is 0.368. The molecule has 0 unspecified atom stereocenters. The van der Waals surface area contributed by atoms with E-state index >= 15 is 0 Å². The lowest BCUT2D eigenvalue weighted by Gasteiger charge is -2.29.